The van der Waals surface area contributed by atoms with Gasteiger partial charge in [0.15, 0.2) is 5.29 Å². The predicted octanol–water partition coefficient (Wildman–Crippen LogP) is 1.50. The number of hydrogen-bond donors (Lipinski definition) is 1. The Morgan fingerprint density at radius 1 is 1.19 bits per heavy atom. The molecule has 2 N–H and O–H groups in total. The zero-order chi connectivity index (χ0) is 12.6. The van der Waals surface area contributed by atoms with E-state index in [1.165, 1.54) is 5.01 Å². The molecular weight excluding hydrogens is 278 g/mol. The number of carbonyl (C=O) groups is 1. The van der Waals surface area contributed by atoms with Crippen molar-refractivity contribution in [3.8, 4) is 0 Å². The van der Waals surface area contributed by atoms with E-state index >= 15 is 0 Å². The number of primary amides is 1. The zero-order valence-electron chi connectivity index (χ0n) is 8.61. The number of hydrogen-bond acceptors (Lipinski definition) is 4. The molecule has 0 aromatic heterocycles. The summed E-state index contributed by atoms with van der Waals surface area (Å²) in [5, 5.41) is 4.18. The lowest BCUT2D eigenvalue weighted by Gasteiger charge is -2.32. The van der Waals surface area contributed by atoms with Gasteiger partial charge in [-0.25, -0.2) is 4.79 Å². The van der Waals surface area contributed by atoms with Gasteiger partial charge in [0.05, 0.1) is 19.0 Å². The van der Waals surface area contributed by atoms with Crippen molar-refractivity contribution in [3.63, 3.8) is 0 Å². The summed E-state index contributed by atoms with van der Waals surface area (Å²) >= 11 is 16.7. The van der Waals surface area contributed by atoms with Crippen LogP contribution in [0, 0.1) is 4.91 Å². The maximum atomic E-state index is 11.3. The minimum Gasteiger partial charge on any atom is -0.315 e. The van der Waals surface area contributed by atoms with E-state index in [4.69, 9.17) is 40.5 Å². The Morgan fingerprint density at radius 2 is 1.69 bits per heavy atom. The third-order valence-electron chi connectivity index (χ3n) is 2.04. The van der Waals surface area contributed by atoms with Crippen molar-refractivity contribution in [2.45, 2.75) is 0 Å². The molecule has 0 fully saturated rings. The summed E-state index contributed by atoms with van der Waals surface area (Å²) < 4.78 is -0.914. The molecule has 2 amide bonds. The van der Waals surface area contributed by atoms with Crippen molar-refractivity contribution in [3.05, 3.63) is 4.91 Å². The molecule has 0 aliphatic carbocycles. The van der Waals surface area contributed by atoms with E-state index in [0.717, 1.165) is 0 Å². The van der Waals surface area contributed by atoms with E-state index in [1.54, 1.807) is 0 Å². The summed E-state index contributed by atoms with van der Waals surface area (Å²) in [7, 11) is 0. The van der Waals surface area contributed by atoms with Gasteiger partial charge in [-0.1, -0.05) is 4.91 Å². The molecule has 0 spiro atoms. The molecule has 0 heterocycles. The number of alkyl halides is 3. The van der Waals surface area contributed by atoms with Gasteiger partial charge in [0.2, 0.25) is 0 Å². The maximum absolute atomic E-state index is 11.3. The van der Waals surface area contributed by atoms with Crippen LogP contribution in [0.5, 0.6) is 0 Å². The fourth-order valence-corrected chi connectivity index (χ4v) is 1.91. The summed E-state index contributed by atoms with van der Waals surface area (Å²) in [4.78, 5) is 22.2. The molecule has 0 rings (SSSR count). The highest BCUT2D eigenvalue weighted by Crippen LogP contribution is 2.15. The SMILES string of the molecule is NC(=O)[N+](CCCl)(N=O)N(CCCl)CCCl. The van der Waals surface area contributed by atoms with Crippen LogP contribution in [-0.2, 0) is 0 Å². The molecule has 94 valence electrons. The van der Waals surface area contributed by atoms with Gasteiger partial charge in [-0.2, -0.15) is 0 Å². The number of amides is 2. The molecule has 0 radical (unpaired) electrons. The number of carbonyl (C=O) groups excluding carboxylic acids is 1. The van der Waals surface area contributed by atoms with E-state index in [2.05, 4.69) is 5.29 Å². The first kappa shape index (κ1) is 15.9. The number of quaternary nitrogens is 1. The second-order valence-electron chi connectivity index (χ2n) is 2.89. The average molecular weight is 293 g/mol. The lowest BCUT2D eigenvalue weighted by molar-refractivity contribution is -0.970. The molecule has 0 aliphatic heterocycles. The maximum Gasteiger partial charge on any atom is 0.463 e. The number of nitrogens with zero attached hydrogens (tertiary/aromatic N) is 3. The summed E-state index contributed by atoms with van der Waals surface area (Å²) in [5.41, 5.74) is 5.18. The molecule has 0 saturated heterocycles. The lowest BCUT2D eigenvalue weighted by Crippen LogP contribution is -2.63. The van der Waals surface area contributed by atoms with Crippen LogP contribution in [0.4, 0.5) is 4.79 Å². The number of rotatable bonds is 8. The van der Waals surface area contributed by atoms with E-state index < -0.39 is 10.7 Å². The Labute approximate surface area is 109 Å². The Bertz CT molecular complexity index is 238. The van der Waals surface area contributed by atoms with Gasteiger partial charge in [0, 0.05) is 11.8 Å². The van der Waals surface area contributed by atoms with E-state index in [9.17, 15) is 9.70 Å². The van der Waals surface area contributed by atoms with Crippen LogP contribution in [0.1, 0.15) is 0 Å². The predicted molar refractivity (Wildman–Crippen MR) is 64.2 cm³/mol. The van der Waals surface area contributed by atoms with Crippen LogP contribution >= 0.6 is 34.8 Å². The number of halogens is 3. The fourth-order valence-electron chi connectivity index (χ4n) is 1.28. The van der Waals surface area contributed by atoms with Crippen molar-refractivity contribution in [1.82, 2.24) is 5.01 Å². The normalized spacial score (nSPS) is 14.8. The first-order valence-corrected chi connectivity index (χ1v) is 6.15. The Hall–Kier alpha value is -0.140. The number of nitrogens with two attached hydrogens (primary N) is 1. The van der Waals surface area contributed by atoms with Crippen LogP contribution in [0.15, 0.2) is 5.29 Å². The smallest absolute Gasteiger partial charge is 0.315 e. The van der Waals surface area contributed by atoms with Crippen LogP contribution in [0.2, 0.25) is 0 Å². The monoisotopic (exact) mass is 291 g/mol. The minimum atomic E-state index is -0.914. The quantitative estimate of drug-likeness (QED) is 0.319. The van der Waals surface area contributed by atoms with Crippen molar-refractivity contribution in [2.24, 2.45) is 11.0 Å². The Kier molecular flexibility index (Phi) is 7.96. The van der Waals surface area contributed by atoms with Crippen molar-refractivity contribution < 1.29 is 9.50 Å². The lowest BCUT2D eigenvalue weighted by atomic mass is 10.5. The second kappa shape index (κ2) is 8.03. The summed E-state index contributed by atoms with van der Waals surface area (Å²) in [6.45, 7) is 0.508. The largest absolute Gasteiger partial charge is 0.463 e. The van der Waals surface area contributed by atoms with E-state index in [1.807, 2.05) is 0 Å². The third kappa shape index (κ3) is 3.71. The third-order valence-corrected chi connectivity index (χ3v) is 2.54. The van der Waals surface area contributed by atoms with Crippen LogP contribution in [0.3, 0.4) is 0 Å². The first-order chi connectivity index (χ1) is 7.58. The fraction of sp³-hybridized carbons (Fsp3) is 0.857. The van der Waals surface area contributed by atoms with Crippen molar-refractivity contribution in [1.29, 1.82) is 0 Å². The number of nitroso groups, excluding NO2 is 1. The Balaban J connectivity index is 5.05. The molecule has 1 atom stereocenters. The van der Waals surface area contributed by atoms with Gasteiger partial charge in [-0.3, -0.25) is 0 Å². The summed E-state index contributed by atoms with van der Waals surface area (Å²) in [6, 6.07) is -0.897. The summed E-state index contributed by atoms with van der Waals surface area (Å²) in [6.07, 6.45) is 0. The van der Waals surface area contributed by atoms with Gasteiger partial charge in [0.25, 0.3) is 0 Å². The molecule has 0 aromatic rings. The standard InChI is InChI=1S/C7H13Cl3N4O2/c8-1-4-13(5-2-9)14(12-16,6-3-10)7(11)15/h1-6H2,(H-,11,15)/p+1. The molecular formula is C7H14Cl3N4O2+. The molecule has 16 heavy (non-hydrogen) atoms. The molecule has 6 nitrogen and oxygen atoms in total. The topological polar surface area (TPSA) is 75.8 Å². The van der Waals surface area contributed by atoms with E-state index in [0.29, 0.717) is 0 Å². The average Bonchev–Trinajstić information content (AvgIpc) is 2.25. The van der Waals surface area contributed by atoms with Crippen molar-refractivity contribution >= 4 is 40.8 Å². The van der Waals surface area contributed by atoms with Crippen molar-refractivity contribution in [2.75, 3.05) is 37.3 Å². The highest BCUT2D eigenvalue weighted by Gasteiger charge is 2.44. The number of urea groups is 1. The van der Waals surface area contributed by atoms with Gasteiger partial charge >= 0.3 is 6.03 Å². The molecule has 0 aromatic carbocycles. The van der Waals surface area contributed by atoms with Crippen LogP contribution < -0.4 is 5.73 Å². The molecule has 9 heteroatoms. The molecule has 0 saturated carbocycles. The first-order valence-electron chi connectivity index (χ1n) is 4.55. The zero-order valence-corrected chi connectivity index (χ0v) is 10.9. The van der Waals surface area contributed by atoms with Gasteiger partial charge in [-0.15, -0.1) is 39.8 Å². The summed E-state index contributed by atoms with van der Waals surface area (Å²) in [5.74, 6) is 0.514. The second-order valence-corrected chi connectivity index (χ2v) is 4.03. The van der Waals surface area contributed by atoms with Gasteiger partial charge < -0.3 is 5.73 Å². The van der Waals surface area contributed by atoms with Crippen LogP contribution in [-0.4, -0.2) is 53.0 Å². The molecule has 1 unspecified atom stereocenters. The molecule has 0 aliphatic rings. The Morgan fingerprint density at radius 3 is 1.94 bits per heavy atom. The minimum absolute atomic E-state index is 0.0197. The van der Waals surface area contributed by atoms with E-state index in [-0.39, 0.29) is 37.3 Å². The van der Waals surface area contributed by atoms with Crippen LogP contribution in [0.25, 0.3) is 0 Å². The highest BCUT2D eigenvalue weighted by atomic mass is 35.5. The van der Waals surface area contributed by atoms with Gasteiger partial charge in [0.1, 0.15) is 6.54 Å². The highest BCUT2D eigenvalue weighted by molar-refractivity contribution is 6.18. The van der Waals surface area contributed by atoms with Gasteiger partial charge in [-0.05, 0) is 4.70 Å². The molecule has 0 bridgehead atoms.